The molecule has 14 heteroatoms. The number of rotatable bonds is 13. The zero-order valence-corrected chi connectivity index (χ0v) is 31.0. The van der Waals surface area contributed by atoms with Gasteiger partial charge >= 0.3 is 0 Å². The largest absolute Gasteiger partial charge is 0.383 e. The molecule has 12 nitrogen and oxygen atoms in total. The lowest BCUT2D eigenvalue weighted by Gasteiger charge is -2.35. The number of imidazole rings is 1. The van der Waals surface area contributed by atoms with Gasteiger partial charge in [0.2, 0.25) is 5.91 Å². The van der Waals surface area contributed by atoms with Crippen molar-refractivity contribution in [2.75, 3.05) is 65.9 Å². The highest BCUT2D eigenvalue weighted by atomic mass is 19.2. The van der Waals surface area contributed by atoms with E-state index in [2.05, 4.69) is 27.2 Å². The minimum absolute atomic E-state index is 0.00790. The fourth-order valence-corrected chi connectivity index (χ4v) is 6.45. The molecule has 1 saturated heterocycles. The van der Waals surface area contributed by atoms with Crippen LogP contribution in [0, 0.1) is 31.4 Å². The molecule has 1 fully saturated rings. The number of aromatic nitrogens is 4. The van der Waals surface area contributed by atoms with E-state index >= 15 is 8.78 Å². The van der Waals surface area contributed by atoms with Crippen LogP contribution in [-0.2, 0) is 23.1 Å². The van der Waals surface area contributed by atoms with Crippen LogP contribution in [0.3, 0.4) is 0 Å². The summed E-state index contributed by atoms with van der Waals surface area (Å²) in [7, 11) is 7.18. The first-order valence-corrected chi connectivity index (χ1v) is 17.5. The number of carbonyl (C=O) groups excluding carboxylic acids is 3. The third-order valence-corrected chi connectivity index (χ3v) is 9.68. The molecule has 0 saturated carbocycles. The molecule has 0 spiro atoms. The number of benzene rings is 2. The Labute approximate surface area is 303 Å². The van der Waals surface area contributed by atoms with Gasteiger partial charge in [0.05, 0.1) is 31.2 Å². The summed E-state index contributed by atoms with van der Waals surface area (Å²) in [6, 6.07) is 7.97. The first kappa shape index (κ1) is 38.3. The molecule has 1 atom stereocenters. The number of ether oxygens (including phenoxy) is 1. The molecule has 52 heavy (non-hydrogen) atoms. The molecular formula is C38H48F2N8O4. The minimum Gasteiger partial charge on any atom is -0.383 e. The predicted octanol–water partition coefficient (Wildman–Crippen LogP) is 5.01. The number of methoxy groups -OCH3 is 1. The summed E-state index contributed by atoms with van der Waals surface area (Å²) in [6.07, 6.45) is 4.28. The smallest absolute Gasteiger partial charge is 0.291 e. The van der Waals surface area contributed by atoms with Gasteiger partial charge in [-0.1, -0.05) is 13.0 Å². The second kappa shape index (κ2) is 16.6. The Hall–Kier alpha value is -4.95. The lowest BCUT2D eigenvalue weighted by molar-refractivity contribution is -0.133. The van der Waals surface area contributed by atoms with Crippen molar-refractivity contribution in [1.82, 2.24) is 34.0 Å². The van der Waals surface area contributed by atoms with Gasteiger partial charge in [-0.3, -0.25) is 19.1 Å². The Kier molecular flexibility index (Phi) is 12.2. The van der Waals surface area contributed by atoms with Gasteiger partial charge in [0.15, 0.2) is 17.5 Å². The first-order chi connectivity index (χ1) is 24.8. The maximum Gasteiger partial charge on any atom is 0.291 e. The summed E-state index contributed by atoms with van der Waals surface area (Å²) in [6.45, 7) is 9.39. The van der Waals surface area contributed by atoms with E-state index in [-0.39, 0.29) is 34.5 Å². The van der Waals surface area contributed by atoms with Gasteiger partial charge in [0.25, 0.3) is 11.8 Å². The number of piperazine rings is 1. The Morgan fingerprint density at radius 3 is 2.31 bits per heavy atom. The topological polar surface area (TPSA) is 118 Å². The van der Waals surface area contributed by atoms with Crippen molar-refractivity contribution in [3.05, 3.63) is 77.0 Å². The predicted molar refractivity (Wildman–Crippen MR) is 195 cm³/mol. The molecule has 0 aliphatic carbocycles. The summed E-state index contributed by atoms with van der Waals surface area (Å²) in [5.41, 5.74) is 3.04. The Balaban J connectivity index is 1.21. The number of anilines is 1. The average Bonchev–Trinajstić information content (AvgIpc) is 3.68. The lowest BCUT2D eigenvalue weighted by Crippen LogP contribution is -2.51. The lowest BCUT2D eigenvalue weighted by atomic mass is 10.0. The van der Waals surface area contributed by atoms with Crippen molar-refractivity contribution < 1.29 is 27.9 Å². The Morgan fingerprint density at radius 1 is 0.962 bits per heavy atom. The first-order valence-electron chi connectivity index (χ1n) is 17.5. The number of amides is 3. The maximum atomic E-state index is 15.5. The van der Waals surface area contributed by atoms with Crippen LogP contribution in [-0.4, -0.2) is 112 Å². The fraction of sp³-hybridized carbons (Fsp3) is 0.447. The van der Waals surface area contributed by atoms with Crippen LogP contribution in [0.15, 0.2) is 42.7 Å². The van der Waals surface area contributed by atoms with Crippen molar-refractivity contribution >= 4 is 23.4 Å². The highest BCUT2D eigenvalue weighted by Crippen LogP contribution is 2.33. The zero-order valence-electron chi connectivity index (χ0n) is 31.0. The molecule has 2 aromatic heterocycles. The molecule has 2 aromatic carbocycles. The monoisotopic (exact) mass is 718 g/mol. The molecule has 1 aliphatic heterocycles. The van der Waals surface area contributed by atoms with Crippen LogP contribution in [0.4, 0.5) is 14.5 Å². The second-order valence-electron chi connectivity index (χ2n) is 13.7. The molecule has 1 N–H and O–H groups in total. The summed E-state index contributed by atoms with van der Waals surface area (Å²) >= 11 is 0. The Bertz CT molecular complexity index is 1930. The number of nitrogens with one attached hydrogen (secondary N) is 1. The number of hydrogen-bond acceptors (Lipinski definition) is 7. The van der Waals surface area contributed by atoms with Gasteiger partial charge in [-0.05, 0) is 76.7 Å². The highest BCUT2D eigenvalue weighted by Gasteiger charge is 2.27. The van der Waals surface area contributed by atoms with Crippen molar-refractivity contribution in [2.45, 2.75) is 40.2 Å². The van der Waals surface area contributed by atoms with Crippen LogP contribution >= 0.6 is 0 Å². The zero-order chi connectivity index (χ0) is 37.7. The third kappa shape index (κ3) is 8.39. The average molecular weight is 719 g/mol. The summed E-state index contributed by atoms with van der Waals surface area (Å²) in [5.74, 6) is -2.37. The van der Waals surface area contributed by atoms with Crippen LogP contribution in [0.5, 0.6) is 0 Å². The summed E-state index contributed by atoms with van der Waals surface area (Å²) < 4.78 is 39.1. The van der Waals surface area contributed by atoms with E-state index in [0.29, 0.717) is 79.7 Å². The van der Waals surface area contributed by atoms with Gasteiger partial charge in [0, 0.05) is 80.4 Å². The van der Waals surface area contributed by atoms with E-state index in [4.69, 9.17) is 4.74 Å². The van der Waals surface area contributed by atoms with Crippen molar-refractivity contribution in [3.63, 3.8) is 0 Å². The van der Waals surface area contributed by atoms with Crippen LogP contribution in [0.25, 0.3) is 22.4 Å². The Morgan fingerprint density at radius 2 is 1.63 bits per heavy atom. The molecule has 4 aromatic rings. The molecule has 5 rings (SSSR count). The van der Waals surface area contributed by atoms with Crippen LogP contribution in [0.2, 0.25) is 0 Å². The molecule has 3 heterocycles. The molecule has 0 unspecified atom stereocenters. The molecule has 0 bridgehead atoms. The molecular weight excluding hydrogens is 670 g/mol. The van der Waals surface area contributed by atoms with Crippen molar-refractivity contribution in [1.29, 1.82) is 0 Å². The molecule has 3 amide bonds. The van der Waals surface area contributed by atoms with Gasteiger partial charge in [-0.15, -0.1) is 0 Å². The highest BCUT2D eigenvalue weighted by molar-refractivity contribution is 6.03. The third-order valence-electron chi connectivity index (χ3n) is 9.68. The number of aryl methyl sites for hydroxylation is 1. The van der Waals surface area contributed by atoms with Gasteiger partial charge < -0.3 is 29.3 Å². The van der Waals surface area contributed by atoms with Crippen molar-refractivity contribution in [2.24, 2.45) is 13.0 Å². The van der Waals surface area contributed by atoms with Crippen LogP contribution in [0.1, 0.15) is 52.0 Å². The maximum absolute atomic E-state index is 15.5. The van der Waals surface area contributed by atoms with E-state index in [1.807, 2.05) is 19.0 Å². The van der Waals surface area contributed by atoms with Gasteiger partial charge in [-0.2, -0.15) is 5.10 Å². The van der Waals surface area contributed by atoms with Gasteiger partial charge in [-0.25, -0.2) is 13.8 Å². The normalized spacial score (nSPS) is 13.9. The number of halogens is 2. The van der Waals surface area contributed by atoms with Crippen LogP contribution < -0.4 is 5.32 Å². The molecule has 1 aliphatic rings. The van der Waals surface area contributed by atoms with Gasteiger partial charge in [0.1, 0.15) is 0 Å². The number of nitrogens with zero attached hydrogens (tertiary/aromatic N) is 7. The fourth-order valence-electron chi connectivity index (χ4n) is 6.45. The standard InChI is InChI=1S/C38H48F2N8O4/c1-24(12-13-44(4)5)20-33(49)46-14-16-47(17-15-46)38(51)28-9-8-27(21-25(28)2)43-37(50)36-41-23-32(45(36)6)30-11-10-29(34(39)35(30)40)31-22-42-48(26(31)3)18-19-52-7/h8-11,21-24H,12-20H2,1-7H3,(H,43,50)/t24-/m0/s1. The van der Waals surface area contributed by atoms with E-state index in [1.54, 1.807) is 55.8 Å². The van der Waals surface area contributed by atoms with Crippen molar-refractivity contribution in [3.8, 4) is 22.4 Å². The molecule has 278 valence electrons. The second-order valence-corrected chi connectivity index (χ2v) is 13.7. The number of hydrogen-bond donors (Lipinski definition) is 1. The van der Waals surface area contributed by atoms with E-state index in [0.717, 1.165) is 13.0 Å². The van der Waals surface area contributed by atoms with E-state index in [1.165, 1.54) is 29.1 Å². The summed E-state index contributed by atoms with van der Waals surface area (Å²) in [4.78, 5) is 49.5. The SMILES string of the molecule is COCCn1ncc(-c2ccc(-c3cnc(C(=O)Nc4ccc(C(=O)N5CCN(C(=O)C[C@@H](C)CCN(C)C)CC5)c(C)c4)n3C)c(F)c2F)c1C. The van der Waals surface area contributed by atoms with E-state index < -0.39 is 17.5 Å². The number of carbonyl (C=O) groups is 3. The molecule has 0 radical (unpaired) electrons. The quantitative estimate of drug-likeness (QED) is 0.207. The minimum atomic E-state index is -1.06. The summed E-state index contributed by atoms with van der Waals surface area (Å²) in [5, 5.41) is 7.07. The van der Waals surface area contributed by atoms with E-state index in [9.17, 15) is 14.4 Å².